The molecule has 9 nitrogen and oxygen atoms in total. The van der Waals surface area contributed by atoms with Crippen molar-refractivity contribution < 1.29 is 9.84 Å². The van der Waals surface area contributed by atoms with Crippen LogP contribution in [0.3, 0.4) is 0 Å². The van der Waals surface area contributed by atoms with E-state index in [1.165, 1.54) is 0 Å². The van der Waals surface area contributed by atoms with Gasteiger partial charge in [0.25, 0.3) is 0 Å². The van der Waals surface area contributed by atoms with Gasteiger partial charge in [0.05, 0.1) is 30.6 Å². The zero-order chi connectivity index (χ0) is 26.0. The molecule has 0 amide bonds. The van der Waals surface area contributed by atoms with Crippen molar-refractivity contribution in [2.75, 3.05) is 11.9 Å². The van der Waals surface area contributed by atoms with Crippen molar-refractivity contribution in [3.05, 3.63) is 72.1 Å². The third kappa shape index (κ3) is 5.36. The summed E-state index contributed by atoms with van der Waals surface area (Å²) in [7, 11) is 1.90. The Kier molecular flexibility index (Phi) is 6.71. The van der Waals surface area contributed by atoms with Crippen molar-refractivity contribution in [1.29, 1.82) is 0 Å². The van der Waals surface area contributed by atoms with E-state index in [9.17, 15) is 5.11 Å². The van der Waals surface area contributed by atoms with Crippen LogP contribution in [0.2, 0.25) is 0 Å². The van der Waals surface area contributed by atoms with E-state index in [-0.39, 0.29) is 0 Å². The third-order valence-electron chi connectivity index (χ3n) is 6.83. The maximum atomic E-state index is 10.5. The highest BCUT2D eigenvalue weighted by molar-refractivity contribution is 5.72. The lowest BCUT2D eigenvalue weighted by Crippen LogP contribution is -2.41. The van der Waals surface area contributed by atoms with Gasteiger partial charge >= 0.3 is 0 Å². The highest BCUT2D eigenvalue weighted by atomic mass is 16.5. The van der Waals surface area contributed by atoms with Crippen molar-refractivity contribution >= 4 is 11.8 Å². The molecule has 0 saturated heterocycles. The monoisotopic (exact) mass is 499 g/mol. The Balaban J connectivity index is 1.36. The van der Waals surface area contributed by atoms with Crippen LogP contribution < -0.4 is 15.8 Å². The number of aryl methyl sites for hydroxylation is 2. The van der Waals surface area contributed by atoms with E-state index in [4.69, 9.17) is 10.5 Å². The Morgan fingerprint density at radius 2 is 2.00 bits per heavy atom. The SMILES string of the molecule is CCOc1cc(-c2nncn2C)ccc1N/C(N)=C/c1cc(-c2cnn(CC3(O)CCC3)c2)ccc1C. The van der Waals surface area contributed by atoms with Crippen LogP contribution in [0, 0.1) is 6.92 Å². The summed E-state index contributed by atoms with van der Waals surface area (Å²) in [6.45, 7) is 5.05. The number of nitrogens with zero attached hydrogens (tertiary/aromatic N) is 5. The molecule has 0 atom stereocenters. The molecule has 1 aliphatic rings. The number of aliphatic hydroxyl groups is 1. The predicted molar refractivity (Wildman–Crippen MR) is 145 cm³/mol. The predicted octanol–water partition coefficient (Wildman–Crippen LogP) is 4.34. The van der Waals surface area contributed by atoms with Gasteiger partial charge in [-0.2, -0.15) is 5.10 Å². The Hall–Kier alpha value is -4.11. The van der Waals surface area contributed by atoms with Crippen molar-refractivity contribution in [3.8, 4) is 28.3 Å². The number of nitrogens with two attached hydrogens (primary N) is 1. The van der Waals surface area contributed by atoms with Gasteiger partial charge in [-0.05, 0) is 80.1 Å². The summed E-state index contributed by atoms with van der Waals surface area (Å²) >= 11 is 0. The number of hydrogen-bond acceptors (Lipinski definition) is 7. The van der Waals surface area contributed by atoms with Crippen LogP contribution in [0.5, 0.6) is 5.75 Å². The fourth-order valence-corrected chi connectivity index (χ4v) is 4.56. The summed E-state index contributed by atoms with van der Waals surface area (Å²) < 4.78 is 9.58. The maximum absolute atomic E-state index is 10.5. The van der Waals surface area contributed by atoms with Crippen molar-refractivity contribution in [1.82, 2.24) is 24.5 Å². The van der Waals surface area contributed by atoms with E-state index >= 15 is 0 Å². The number of anilines is 1. The minimum Gasteiger partial charge on any atom is -0.492 e. The molecule has 4 N–H and O–H groups in total. The molecule has 4 aromatic rings. The first kappa shape index (κ1) is 24.6. The molecular formula is C28H33N7O2. The lowest BCUT2D eigenvalue weighted by atomic mass is 9.80. The van der Waals surface area contributed by atoms with Crippen LogP contribution in [0.1, 0.15) is 37.3 Å². The van der Waals surface area contributed by atoms with Gasteiger partial charge in [0.2, 0.25) is 0 Å². The van der Waals surface area contributed by atoms with Gasteiger partial charge in [-0.15, -0.1) is 10.2 Å². The second kappa shape index (κ2) is 10.1. The van der Waals surface area contributed by atoms with Crippen LogP contribution >= 0.6 is 0 Å². The van der Waals surface area contributed by atoms with Gasteiger partial charge < -0.3 is 25.5 Å². The largest absolute Gasteiger partial charge is 0.492 e. The second-order valence-corrected chi connectivity index (χ2v) is 9.71. The minimum atomic E-state index is -0.614. The van der Waals surface area contributed by atoms with Gasteiger partial charge in [0, 0.05) is 24.4 Å². The topological polar surface area (TPSA) is 116 Å². The van der Waals surface area contributed by atoms with Gasteiger partial charge in [-0.25, -0.2) is 0 Å². The third-order valence-corrected chi connectivity index (χ3v) is 6.83. The van der Waals surface area contributed by atoms with E-state index in [1.54, 1.807) is 6.33 Å². The zero-order valence-corrected chi connectivity index (χ0v) is 21.5. The fourth-order valence-electron chi connectivity index (χ4n) is 4.56. The molecule has 0 radical (unpaired) electrons. The first-order valence-electron chi connectivity index (χ1n) is 12.5. The van der Waals surface area contributed by atoms with E-state index in [2.05, 4.69) is 45.7 Å². The van der Waals surface area contributed by atoms with Gasteiger partial charge in [-0.3, -0.25) is 4.68 Å². The highest BCUT2D eigenvalue weighted by Crippen LogP contribution is 2.34. The molecule has 0 aliphatic heterocycles. The average Bonchev–Trinajstić information content (AvgIpc) is 3.50. The molecular weight excluding hydrogens is 466 g/mol. The molecule has 9 heteroatoms. The normalized spacial score (nSPS) is 14.9. The van der Waals surface area contributed by atoms with Crippen LogP contribution in [0.4, 0.5) is 5.69 Å². The Bertz CT molecular complexity index is 1430. The molecule has 5 rings (SSSR count). The zero-order valence-electron chi connectivity index (χ0n) is 21.5. The van der Waals surface area contributed by atoms with E-state index in [0.29, 0.717) is 24.7 Å². The van der Waals surface area contributed by atoms with Gasteiger partial charge in [0.15, 0.2) is 5.82 Å². The van der Waals surface area contributed by atoms with Crippen molar-refractivity contribution in [2.24, 2.45) is 12.8 Å². The number of benzene rings is 2. The number of nitrogens with one attached hydrogen (secondary N) is 1. The minimum absolute atomic E-state index is 0.496. The molecule has 37 heavy (non-hydrogen) atoms. The molecule has 0 bridgehead atoms. The first-order valence-corrected chi connectivity index (χ1v) is 12.5. The number of hydrogen-bond donors (Lipinski definition) is 3. The lowest BCUT2D eigenvalue weighted by molar-refractivity contribution is -0.0498. The molecule has 1 aliphatic carbocycles. The van der Waals surface area contributed by atoms with Crippen molar-refractivity contribution in [2.45, 2.75) is 45.3 Å². The molecule has 2 aromatic carbocycles. The number of ether oxygens (including phenoxy) is 1. The fraction of sp³-hybridized carbons (Fsp3) is 0.321. The first-order chi connectivity index (χ1) is 17.8. The summed E-state index contributed by atoms with van der Waals surface area (Å²) in [5.41, 5.74) is 11.6. The standard InChI is InChI=1S/C28H33N7O2/c1-4-37-25-13-21(27-33-30-18-34(27)3)8-9-24(25)32-26(29)14-22-12-20(7-6-19(22)2)23-15-31-35(16-23)17-28(36)10-5-11-28/h6-9,12-16,18,32,36H,4-5,10-11,17,29H2,1-3H3/b26-14+. The molecule has 192 valence electrons. The Morgan fingerprint density at radius 1 is 1.19 bits per heavy atom. The average molecular weight is 500 g/mol. The smallest absolute Gasteiger partial charge is 0.163 e. The second-order valence-electron chi connectivity index (χ2n) is 9.71. The van der Waals surface area contributed by atoms with Crippen LogP contribution in [-0.2, 0) is 13.6 Å². The number of rotatable bonds is 9. The van der Waals surface area contributed by atoms with E-state index < -0.39 is 5.60 Å². The summed E-state index contributed by atoms with van der Waals surface area (Å²) in [6, 6.07) is 12.1. The summed E-state index contributed by atoms with van der Waals surface area (Å²) in [6.07, 6.45) is 10.2. The molecule has 0 unspecified atom stereocenters. The summed E-state index contributed by atoms with van der Waals surface area (Å²) in [4.78, 5) is 0. The molecule has 1 fully saturated rings. The quantitative estimate of drug-likeness (QED) is 0.314. The Morgan fingerprint density at radius 3 is 2.70 bits per heavy atom. The van der Waals surface area contributed by atoms with Crippen LogP contribution in [-0.4, -0.2) is 41.9 Å². The maximum Gasteiger partial charge on any atom is 0.163 e. The Labute approximate surface area is 216 Å². The molecule has 2 aromatic heterocycles. The van der Waals surface area contributed by atoms with Gasteiger partial charge in [-0.1, -0.05) is 12.1 Å². The van der Waals surface area contributed by atoms with Crippen molar-refractivity contribution in [3.63, 3.8) is 0 Å². The van der Waals surface area contributed by atoms with Crippen LogP contribution in [0.25, 0.3) is 28.6 Å². The molecule has 0 spiro atoms. The highest BCUT2D eigenvalue weighted by Gasteiger charge is 2.34. The van der Waals surface area contributed by atoms with Crippen LogP contribution in [0.15, 0.2) is 60.9 Å². The summed E-state index contributed by atoms with van der Waals surface area (Å²) in [5, 5.41) is 26.4. The van der Waals surface area contributed by atoms with Gasteiger partial charge in [0.1, 0.15) is 17.9 Å². The van der Waals surface area contributed by atoms with E-state index in [1.807, 2.05) is 59.9 Å². The van der Waals surface area contributed by atoms with E-state index in [0.717, 1.165) is 58.6 Å². The lowest BCUT2D eigenvalue weighted by Gasteiger charge is -2.36. The summed E-state index contributed by atoms with van der Waals surface area (Å²) in [5.74, 6) is 1.94. The molecule has 2 heterocycles. The number of aromatic nitrogens is 5. The molecule has 1 saturated carbocycles.